The average molecular weight is 254 g/mol. The largest absolute Gasteiger partial charge is 0.347 e. The van der Waals surface area contributed by atoms with Gasteiger partial charge in [-0.15, -0.1) is 11.3 Å². The average Bonchev–Trinajstić information content (AvgIpc) is 2.81. The van der Waals surface area contributed by atoms with Gasteiger partial charge < -0.3 is 10.2 Å². The number of nitrogens with one attached hydrogen (secondary N) is 1. The van der Waals surface area contributed by atoms with E-state index in [2.05, 4.69) is 15.2 Å². The molecule has 1 aromatic heterocycles. The van der Waals surface area contributed by atoms with Crippen molar-refractivity contribution in [3.63, 3.8) is 0 Å². The fraction of sp³-hybridized carbons (Fsp3) is 0.636. The van der Waals surface area contributed by atoms with Crippen LogP contribution in [0.15, 0.2) is 11.7 Å². The van der Waals surface area contributed by atoms with Gasteiger partial charge in [-0.3, -0.25) is 14.7 Å². The van der Waals surface area contributed by atoms with E-state index < -0.39 is 0 Å². The van der Waals surface area contributed by atoms with E-state index in [1.54, 1.807) is 16.2 Å². The Morgan fingerprint density at radius 3 is 3.18 bits per heavy atom. The number of hydrogen-bond acceptors (Lipinski definition) is 5. The summed E-state index contributed by atoms with van der Waals surface area (Å²) in [6, 6.07) is -0.0548. The minimum atomic E-state index is -0.0548. The first-order chi connectivity index (χ1) is 8.18. The van der Waals surface area contributed by atoms with Crippen LogP contribution in [-0.2, 0) is 11.3 Å². The number of aromatic nitrogens is 1. The first-order valence-corrected chi connectivity index (χ1v) is 6.59. The predicted octanol–water partition coefficient (Wildman–Crippen LogP) is 0.00510. The molecule has 2 heterocycles. The molecule has 2 rings (SSSR count). The summed E-state index contributed by atoms with van der Waals surface area (Å²) < 4.78 is 0. The van der Waals surface area contributed by atoms with E-state index in [4.69, 9.17) is 0 Å². The lowest BCUT2D eigenvalue weighted by Crippen LogP contribution is -2.57. The molecule has 1 aliphatic heterocycles. The van der Waals surface area contributed by atoms with E-state index in [0.29, 0.717) is 0 Å². The van der Waals surface area contributed by atoms with Crippen molar-refractivity contribution in [2.45, 2.75) is 12.6 Å². The molecule has 17 heavy (non-hydrogen) atoms. The Bertz CT molecular complexity index is 366. The molecular weight excluding hydrogens is 236 g/mol. The molecule has 0 bridgehead atoms. The minimum Gasteiger partial charge on any atom is -0.347 e. The lowest BCUT2D eigenvalue weighted by molar-refractivity contribution is -0.135. The van der Waals surface area contributed by atoms with Gasteiger partial charge >= 0.3 is 0 Å². The number of carbonyl (C=O) groups is 1. The van der Waals surface area contributed by atoms with Gasteiger partial charge in [0.2, 0.25) is 5.91 Å². The number of likely N-dealkylation sites (N-methyl/N-ethyl adjacent to an activating group) is 1. The van der Waals surface area contributed by atoms with Crippen LogP contribution in [0.3, 0.4) is 0 Å². The van der Waals surface area contributed by atoms with Crippen molar-refractivity contribution in [3.05, 3.63) is 16.6 Å². The Hall–Kier alpha value is -0.980. The number of piperazine rings is 1. The highest BCUT2D eigenvalue weighted by Crippen LogP contribution is 2.14. The van der Waals surface area contributed by atoms with Crippen molar-refractivity contribution in [3.8, 4) is 0 Å². The van der Waals surface area contributed by atoms with Gasteiger partial charge in [-0.1, -0.05) is 0 Å². The summed E-state index contributed by atoms with van der Waals surface area (Å²) in [5.41, 5.74) is 1.83. The van der Waals surface area contributed by atoms with Crippen molar-refractivity contribution in [2.75, 3.05) is 33.7 Å². The highest BCUT2D eigenvalue weighted by molar-refractivity contribution is 7.09. The van der Waals surface area contributed by atoms with Crippen LogP contribution in [0, 0.1) is 0 Å². The van der Waals surface area contributed by atoms with Crippen LogP contribution < -0.4 is 5.32 Å². The quantitative estimate of drug-likeness (QED) is 0.825. The second kappa shape index (κ2) is 5.57. The van der Waals surface area contributed by atoms with Gasteiger partial charge in [0.15, 0.2) is 0 Å². The third kappa shape index (κ3) is 3.02. The molecule has 0 aliphatic carbocycles. The molecule has 1 aromatic rings. The number of nitrogens with zero attached hydrogens (tertiary/aromatic N) is 3. The summed E-state index contributed by atoms with van der Waals surface area (Å²) in [5.74, 6) is 0.168. The molecule has 1 N–H and O–H groups in total. The van der Waals surface area contributed by atoms with Crippen molar-refractivity contribution in [1.82, 2.24) is 20.1 Å². The molecule has 5 nitrogen and oxygen atoms in total. The topological polar surface area (TPSA) is 48.5 Å². The lowest BCUT2D eigenvalue weighted by atomic mass is 10.1. The summed E-state index contributed by atoms with van der Waals surface area (Å²) in [6.07, 6.45) is 1.88. The van der Waals surface area contributed by atoms with Gasteiger partial charge in [-0.05, 0) is 0 Å². The highest BCUT2D eigenvalue weighted by Gasteiger charge is 2.29. The molecule has 1 saturated heterocycles. The van der Waals surface area contributed by atoms with E-state index in [1.165, 1.54) is 4.88 Å². The molecule has 0 radical (unpaired) electrons. The van der Waals surface area contributed by atoms with Gasteiger partial charge in [0, 0.05) is 51.3 Å². The molecule has 6 heteroatoms. The smallest absolute Gasteiger partial charge is 0.240 e. The first-order valence-electron chi connectivity index (χ1n) is 5.72. The van der Waals surface area contributed by atoms with Crippen LogP contribution in [0.5, 0.6) is 0 Å². The van der Waals surface area contributed by atoms with Gasteiger partial charge in [-0.25, -0.2) is 0 Å². The number of rotatable bonds is 3. The normalized spacial score (nSPS) is 21.4. The fourth-order valence-electron chi connectivity index (χ4n) is 2.00. The molecule has 1 fully saturated rings. The van der Waals surface area contributed by atoms with E-state index in [1.807, 2.05) is 25.8 Å². The number of thiazole rings is 1. The van der Waals surface area contributed by atoms with E-state index in [-0.39, 0.29) is 11.9 Å². The zero-order valence-electron chi connectivity index (χ0n) is 10.2. The number of amides is 1. The van der Waals surface area contributed by atoms with Crippen LogP contribution >= 0.6 is 11.3 Å². The molecule has 1 amide bonds. The van der Waals surface area contributed by atoms with Crippen LogP contribution in [0.4, 0.5) is 0 Å². The summed E-state index contributed by atoms with van der Waals surface area (Å²) in [4.78, 5) is 21.2. The number of hydrogen-bond donors (Lipinski definition) is 1. The van der Waals surface area contributed by atoms with Gasteiger partial charge in [0.1, 0.15) is 6.04 Å². The van der Waals surface area contributed by atoms with Crippen LogP contribution in [0.1, 0.15) is 4.88 Å². The SMILES string of the molecule is CN(C)C(=O)C1CNCCN1Cc1cncs1. The lowest BCUT2D eigenvalue weighted by Gasteiger charge is -2.36. The second-order valence-corrected chi connectivity index (χ2v) is 5.36. The van der Waals surface area contributed by atoms with Gasteiger partial charge in [0.25, 0.3) is 0 Å². The Kier molecular flexibility index (Phi) is 4.09. The maximum absolute atomic E-state index is 12.1. The Morgan fingerprint density at radius 2 is 2.53 bits per heavy atom. The van der Waals surface area contributed by atoms with Crippen LogP contribution in [0.25, 0.3) is 0 Å². The summed E-state index contributed by atoms with van der Waals surface area (Å²) >= 11 is 1.64. The second-order valence-electron chi connectivity index (χ2n) is 4.39. The third-order valence-electron chi connectivity index (χ3n) is 2.92. The fourth-order valence-corrected chi connectivity index (χ4v) is 2.62. The maximum atomic E-state index is 12.1. The van der Waals surface area contributed by atoms with Crippen molar-refractivity contribution in [1.29, 1.82) is 0 Å². The van der Waals surface area contributed by atoms with Crippen molar-refractivity contribution in [2.24, 2.45) is 0 Å². The monoisotopic (exact) mass is 254 g/mol. The Labute approximate surface area is 105 Å². The molecule has 1 aliphatic rings. The molecule has 94 valence electrons. The molecule has 1 unspecified atom stereocenters. The Morgan fingerprint density at radius 1 is 1.71 bits per heavy atom. The van der Waals surface area contributed by atoms with E-state index in [9.17, 15) is 4.79 Å². The standard InChI is InChI=1S/C11H18N4OS/c1-14(2)11(16)10-6-12-3-4-15(10)7-9-5-13-8-17-9/h5,8,10,12H,3-4,6-7H2,1-2H3. The van der Waals surface area contributed by atoms with Gasteiger partial charge in [-0.2, -0.15) is 0 Å². The predicted molar refractivity (Wildman–Crippen MR) is 67.9 cm³/mol. The van der Waals surface area contributed by atoms with Crippen molar-refractivity contribution >= 4 is 17.2 Å². The third-order valence-corrected chi connectivity index (χ3v) is 3.69. The van der Waals surface area contributed by atoms with E-state index in [0.717, 1.165) is 26.2 Å². The molecule has 0 saturated carbocycles. The summed E-state index contributed by atoms with van der Waals surface area (Å²) in [6.45, 7) is 3.39. The van der Waals surface area contributed by atoms with Crippen LogP contribution in [-0.4, -0.2) is 60.5 Å². The maximum Gasteiger partial charge on any atom is 0.240 e. The molecule has 0 aromatic carbocycles. The summed E-state index contributed by atoms with van der Waals surface area (Å²) in [7, 11) is 3.61. The molecular formula is C11H18N4OS. The first kappa shape index (κ1) is 12.5. The number of carbonyl (C=O) groups excluding carboxylic acids is 1. The Balaban J connectivity index is 2.04. The van der Waals surface area contributed by atoms with Crippen LogP contribution in [0.2, 0.25) is 0 Å². The summed E-state index contributed by atoms with van der Waals surface area (Å²) in [5, 5.41) is 3.28. The van der Waals surface area contributed by atoms with E-state index >= 15 is 0 Å². The van der Waals surface area contributed by atoms with Crippen molar-refractivity contribution < 1.29 is 4.79 Å². The molecule has 1 atom stereocenters. The highest BCUT2D eigenvalue weighted by atomic mass is 32.1. The minimum absolute atomic E-state index is 0.0548. The zero-order chi connectivity index (χ0) is 12.3. The van der Waals surface area contributed by atoms with Gasteiger partial charge in [0.05, 0.1) is 5.51 Å². The zero-order valence-corrected chi connectivity index (χ0v) is 11.0. The molecule has 0 spiro atoms.